The molecule has 1 saturated carbocycles. The van der Waals surface area contributed by atoms with Crippen LogP contribution in [0.15, 0.2) is 121 Å². The van der Waals surface area contributed by atoms with E-state index in [1.165, 1.54) is 67.2 Å². The summed E-state index contributed by atoms with van der Waals surface area (Å²) in [6.45, 7) is 2.27. The molecule has 0 aliphatic heterocycles. The van der Waals surface area contributed by atoms with E-state index in [1.807, 2.05) is 48.5 Å². The summed E-state index contributed by atoms with van der Waals surface area (Å²) in [6.07, 6.45) is 12.2. The number of hydrogen-bond acceptors (Lipinski definition) is 4. The Balaban J connectivity index is 1.17. The summed E-state index contributed by atoms with van der Waals surface area (Å²) in [5.74, 6) is 3.89. The van der Waals surface area contributed by atoms with E-state index >= 15 is 0 Å². The summed E-state index contributed by atoms with van der Waals surface area (Å²) in [7, 11) is 0. The Morgan fingerprint density at radius 2 is 0.957 bits per heavy atom. The smallest absolute Gasteiger partial charge is 0.127 e. The van der Waals surface area contributed by atoms with Crippen LogP contribution in [0.3, 0.4) is 0 Å². The van der Waals surface area contributed by atoms with Crippen molar-refractivity contribution in [1.82, 2.24) is 0 Å². The van der Waals surface area contributed by atoms with Crippen LogP contribution >= 0.6 is 0 Å². The van der Waals surface area contributed by atoms with E-state index in [2.05, 4.69) is 79.7 Å². The second-order valence-corrected chi connectivity index (χ2v) is 13.2. The van der Waals surface area contributed by atoms with Crippen LogP contribution in [0.25, 0.3) is 0 Å². The molecule has 0 bridgehead atoms. The first kappa shape index (κ1) is 32.2. The largest absolute Gasteiger partial charge is 0.457 e. The number of anilines is 2. The van der Waals surface area contributed by atoms with Gasteiger partial charge >= 0.3 is 0 Å². The summed E-state index contributed by atoms with van der Waals surface area (Å²) in [5, 5.41) is 0. The van der Waals surface area contributed by atoms with E-state index in [9.17, 15) is 0 Å². The Morgan fingerprint density at radius 1 is 0.532 bits per heavy atom. The molecule has 1 aliphatic rings. The third-order valence-electron chi connectivity index (χ3n) is 9.87. The third-order valence-corrected chi connectivity index (χ3v) is 9.87. The minimum atomic E-state index is -0.0711. The molecule has 4 heteroatoms. The number of aryl methyl sites for hydroxylation is 1. The fourth-order valence-corrected chi connectivity index (χ4v) is 7.08. The highest BCUT2D eigenvalue weighted by Crippen LogP contribution is 2.48. The molecule has 0 saturated heterocycles. The van der Waals surface area contributed by atoms with Gasteiger partial charge in [0.25, 0.3) is 0 Å². The van der Waals surface area contributed by atoms with Crippen LogP contribution in [0.5, 0.6) is 23.0 Å². The molecule has 0 aromatic heterocycles. The molecule has 5 aromatic carbocycles. The van der Waals surface area contributed by atoms with Crippen molar-refractivity contribution in [2.75, 3.05) is 11.5 Å². The quantitative estimate of drug-likeness (QED) is 0.101. The lowest BCUT2D eigenvalue weighted by Gasteiger charge is -2.41. The van der Waals surface area contributed by atoms with Crippen molar-refractivity contribution in [2.45, 2.75) is 76.5 Å². The number of hydrogen-bond donors (Lipinski definition) is 2. The normalized spacial score (nSPS) is 14.5. The van der Waals surface area contributed by atoms with Crippen molar-refractivity contribution in [3.05, 3.63) is 144 Å². The zero-order chi connectivity index (χ0) is 32.5. The first-order valence-corrected chi connectivity index (χ1v) is 17.3. The van der Waals surface area contributed by atoms with E-state index in [0.29, 0.717) is 5.92 Å². The molecule has 0 spiro atoms. The molecule has 1 fully saturated rings. The zero-order valence-corrected chi connectivity index (χ0v) is 27.7. The van der Waals surface area contributed by atoms with Crippen molar-refractivity contribution in [3.63, 3.8) is 0 Å². The van der Waals surface area contributed by atoms with Gasteiger partial charge in [-0.3, -0.25) is 0 Å². The lowest BCUT2D eigenvalue weighted by Crippen LogP contribution is -2.33. The maximum absolute atomic E-state index is 6.14. The number of unbranched alkanes of at least 4 members (excludes halogenated alkanes) is 3. The van der Waals surface area contributed by atoms with Crippen molar-refractivity contribution in [2.24, 2.45) is 5.92 Å². The average Bonchev–Trinajstić information content (AvgIpc) is 3.11. The molecule has 0 amide bonds. The van der Waals surface area contributed by atoms with Gasteiger partial charge in [-0.1, -0.05) is 74.7 Å². The van der Waals surface area contributed by atoms with Crippen LogP contribution in [0, 0.1) is 5.92 Å². The molecule has 0 unspecified atom stereocenters. The predicted octanol–water partition coefficient (Wildman–Crippen LogP) is 11.3. The number of rotatable bonds is 13. The standard InChI is InChI=1S/C43H48N2O2/c1-2-3-4-5-6-32-7-9-33(10-8-32)31-34-27-29-43(30-28-34,35-11-19-39(20-12-35)46-41-23-15-37(44)16-24-41)36-13-21-40(22-14-36)47-42-25-17-38(45)18-26-42/h7-26,34H,2-6,27-31,44-45H2,1H3. The molecule has 5 aromatic rings. The Kier molecular flexibility index (Phi) is 10.5. The second kappa shape index (κ2) is 15.3. The fourth-order valence-electron chi connectivity index (χ4n) is 7.08. The van der Waals surface area contributed by atoms with Gasteiger partial charge in [-0.15, -0.1) is 0 Å². The van der Waals surface area contributed by atoms with Crippen molar-refractivity contribution < 1.29 is 9.47 Å². The number of benzene rings is 5. The van der Waals surface area contributed by atoms with Crippen LogP contribution in [0.2, 0.25) is 0 Å². The molecule has 0 radical (unpaired) electrons. The molecule has 0 atom stereocenters. The van der Waals surface area contributed by atoms with E-state index in [1.54, 1.807) is 0 Å². The van der Waals surface area contributed by atoms with Gasteiger partial charge in [0.15, 0.2) is 0 Å². The summed E-state index contributed by atoms with van der Waals surface area (Å²) < 4.78 is 12.3. The maximum Gasteiger partial charge on any atom is 0.127 e. The van der Waals surface area contributed by atoms with Crippen LogP contribution in [-0.4, -0.2) is 0 Å². The monoisotopic (exact) mass is 624 g/mol. The summed E-state index contributed by atoms with van der Waals surface area (Å²) in [6, 6.07) is 41.9. The Hall–Kier alpha value is -4.70. The summed E-state index contributed by atoms with van der Waals surface area (Å²) in [5.41, 5.74) is 18.7. The van der Waals surface area contributed by atoms with Crippen molar-refractivity contribution >= 4 is 11.4 Å². The van der Waals surface area contributed by atoms with Gasteiger partial charge in [-0.25, -0.2) is 0 Å². The fraction of sp³-hybridized carbons (Fsp3) is 0.302. The molecular formula is C43H48N2O2. The summed E-state index contributed by atoms with van der Waals surface area (Å²) in [4.78, 5) is 0. The number of nitrogen functional groups attached to an aromatic ring is 2. The SMILES string of the molecule is CCCCCCc1ccc(CC2CCC(c3ccc(Oc4ccc(N)cc4)cc3)(c3ccc(Oc4ccc(N)cc4)cc3)CC2)cc1. The molecule has 4 N–H and O–H groups in total. The van der Waals surface area contributed by atoms with Crippen LogP contribution in [0.4, 0.5) is 11.4 Å². The van der Waals surface area contributed by atoms with E-state index in [-0.39, 0.29) is 5.41 Å². The molecule has 0 heterocycles. The van der Waals surface area contributed by atoms with Gasteiger partial charge in [0, 0.05) is 16.8 Å². The van der Waals surface area contributed by atoms with Gasteiger partial charge in [-0.2, -0.15) is 0 Å². The van der Waals surface area contributed by atoms with Gasteiger partial charge in [0.2, 0.25) is 0 Å². The average molecular weight is 625 g/mol. The first-order valence-electron chi connectivity index (χ1n) is 17.3. The second-order valence-electron chi connectivity index (χ2n) is 13.2. The van der Waals surface area contributed by atoms with Gasteiger partial charge in [0.1, 0.15) is 23.0 Å². The highest BCUT2D eigenvalue weighted by molar-refractivity contribution is 5.47. The lowest BCUT2D eigenvalue weighted by atomic mass is 9.62. The number of nitrogens with two attached hydrogens (primary N) is 2. The van der Waals surface area contributed by atoms with Crippen molar-refractivity contribution in [3.8, 4) is 23.0 Å². The summed E-state index contributed by atoms with van der Waals surface area (Å²) >= 11 is 0. The minimum Gasteiger partial charge on any atom is -0.457 e. The van der Waals surface area contributed by atoms with E-state index < -0.39 is 0 Å². The highest BCUT2D eigenvalue weighted by atomic mass is 16.5. The minimum absolute atomic E-state index is 0.0711. The molecule has 6 rings (SSSR count). The van der Waals surface area contributed by atoms with E-state index in [4.69, 9.17) is 20.9 Å². The maximum atomic E-state index is 6.14. The van der Waals surface area contributed by atoms with Gasteiger partial charge < -0.3 is 20.9 Å². The zero-order valence-electron chi connectivity index (χ0n) is 27.7. The molecule has 4 nitrogen and oxygen atoms in total. The molecular weight excluding hydrogens is 576 g/mol. The Morgan fingerprint density at radius 3 is 1.40 bits per heavy atom. The lowest BCUT2D eigenvalue weighted by molar-refractivity contribution is 0.264. The highest BCUT2D eigenvalue weighted by Gasteiger charge is 2.38. The Bertz CT molecular complexity index is 1580. The first-order chi connectivity index (χ1) is 23.0. The van der Waals surface area contributed by atoms with E-state index in [0.717, 1.165) is 53.6 Å². The van der Waals surface area contributed by atoms with Gasteiger partial charge in [0.05, 0.1) is 0 Å². The van der Waals surface area contributed by atoms with Crippen LogP contribution in [0.1, 0.15) is 80.5 Å². The van der Waals surface area contributed by atoms with Crippen molar-refractivity contribution in [1.29, 1.82) is 0 Å². The number of ether oxygens (including phenoxy) is 2. The Labute approximate surface area is 280 Å². The molecule has 1 aliphatic carbocycles. The van der Waals surface area contributed by atoms with Crippen LogP contribution < -0.4 is 20.9 Å². The topological polar surface area (TPSA) is 70.5 Å². The van der Waals surface area contributed by atoms with Crippen LogP contribution in [-0.2, 0) is 18.3 Å². The molecule has 242 valence electrons. The van der Waals surface area contributed by atoms with Gasteiger partial charge in [-0.05, 0) is 146 Å². The molecule has 47 heavy (non-hydrogen) atoms. The predicted molar refractivity (Wildman–Crippen MR) is 195 cm³/mol. The third kappa shape index (κ3) is 8.37.